The summed E-state index contributed by atoms with van der Waals surface area (Å²) < 4.78 is 0. The minimum Gasteiger partial charge on any atom is -0.337 e. The number of hydrogen-bond acceptors (Lipinski definition) is 8. The lowest BCUT2D eigenvalue weighted by Crippen LogP contribution is -2.38. The Morgan fingerprint density at radius 1 is 1.08 bits per heavy atom. The Hall–Kier alpha value is -2.94. The molecule has 0 unspecified atom stereocenters. The summed E-state index contributed by atoms with van der Waals surface area (Å²) in [6, 6.07) is 0. The topological polar surface area (TPSA) is 96.8 Å². The summed E-state index contributed by atoms with van der Waals surface area (Å²) in [6.45, 7) is 1.37. The molecule has 0 radical (unpaired) electrons. The van der Waals surface area contributed by atoms with Gasteiger partial charge >= 0.3 is 0 Å². The molecule has 9 heteroatoms. The summed E-state index contributed by atoms with van der Waals surface area (Å²) >= 11 is 1.44. The van der Waals surface area contributed by atoms with Crippen LogP contribution in [0.1, 0.15) is 34.9 Å². The molecule has 132 valence electrons. The van der Waals surface area contributed by atoms with E-state index in [-0.39, 0.29) is 11.8 Å². The Morgan fingerprint density at radius 3 is 2.62 bits per heavy atom. The van der Waals surface area contributed by atoms with Gasteiger partial charge in [-0.3, -0.25) is 14.8 Å². The number of piperidine rings is 1. The Kier molecular flexibility index (Phi) is 4.78. The van der Waals surface area contributed by atoms with E-state index in [1.54, 1.807) is 41.9 Å². The molecule has 1 aliphatic heterocycles. The molecule has 0 saturated carbocycles. The lowest BCUT2D eigenvalue weighted by Gasteiger charge is -2.31. The molecule has 0 spiro atoms. The van der Waals surface area contributed by atoms with E-state index in [1.165, 1.54) is 11.3 Å². The van der Waals surface area contributed by atoms with E-state index >= 15 is 0 Å². The summed E-state index contributed by atoms with van der Waals surface area (Å²) in [6.07, 6.45) is 9.92. The largest absolute Gasteiger partial charge is 0.337 e. The van der Waals surface area contributed by atoms with Gasteiger partial charge in [0.25, 0.3) is 5.91 Å². The van der Waals surface area contributed by atoms with Crippen molar-refractivity contribution in [1.29, 1.82) is 0 Å². The van der Waals surface area contributed by atoms with Crippen molar-refractivity contribution in [2.24, 2.45) is 0 Å². The molecular weight excluding hydrogens is 350 g/mol. The van der Waals surface area contributed by atoms with E-state index in [9.17, 15) is 4.79 Å². The highest BCUT2D eigenvalue weighted by molar-refractivity contribution is 7.07. The first-order chi connectivity index (χ1) is 12.8. The van der Waals surface area contributed by atoms with Crippen molar-refractivity contribution in [1.82, 2.24) is 29.8 Å². The molecule has 4 heterocycles. The van der Waals surface area contributed by atoms with Crippen LogP contribution in [0.25, 0.3) is 0 Å². The molecule has 0 bridgehead atoms. The van der Waals surface area contributed by atoms with Gasteiger partial charge in [-0.15, -0.1) is 11.3 Å². The summed E-state index contributed by atoms with van der Waals surface area (Å²) in [5.74, 6) is 1.56. The van der Waals surface area contributed by atoms with Gasteiger partial charge in [-0.25, -0.2) is 15.0 Å². The Balaban J connectivity index is 1.45. The minimum absolute atomic E-state index is 0.00162. The number of anilines is 2. The highest BCUT2D eigenvalue weighted by Gasteiger charge is 2.27. The molecule has 1 aliphatic rings. The summed E-state index contributed by atoms with van der Waals surface area (Å²) in [5.41, 5.74) is 3.11. The molecule has 1 fully saturated rings. The van der Waals surface area contributed by atoms with Crippen LogP contribution in [0, 0.1) is 0 Å². The molecule has 8 nitrogen and oxygen atoms in total. The lowest BCUT2D eigenvalue weighted by atomic mass is 9.93. The van der Waals surface area contributed by atoms with E-state index in [2.05, 4.69) is 30.2 Å². The predicted molar refractivity (Wildman–Crippen MR) is 97.3 cm³/mol. The normalized spacial score (nSPS) is 15.0. The molecule has 1 N–H and O–H groups in total. The SMILES string of the molecule is O=C(c1cscn1)N1CCC(c2nccnc2Nc2cnccn2)CC1. The number of rotatable bonds is 4. The minimum atomic E-state index is 0.00162. The van der Waals surface area contributed by atoms with Crippen molar-refractivity contribution < 1.29 is 4.79 Å². The first kappa shape index (κ1) is 16.5. The van der Waals surface area contributed by atoms with E-state index in [1.807, 2.05) is 4.90 Å². The second-order valence-corrected chi connectivity index (χ2v) is 6.66. The Bertz CT molecular complexity index is 864. The van der Waals surface area contributed by atoms with Crippen LogP contribution < -0.4 is 5.32 Å². The smallest absolute Gasteiger partial charge is 0.273 e. The Morgan fingerprint density at radius 2 is 1.88 bits per heavy atom. The van der Waals surface area contributed by atoms with Gasteiger partial charge in [-0.2, -0.15) is 0 Å². The molecule has 1 amide bonds. The van der Waals surface area contributed by atoms with E-state index in [0.29, 0.717) is 30.4 Å². The molecule has 1 saturated heterocycles. The van der Waals surface area contributed by atoms with Crippen LogP contribution in [0.5, 0.6) is 0 Å². The third-order valence-corrected chi connectivity index (χ3v) is 4.94. The van der Waals surface area contributed by atoms with E-state index in [0.717, 1.165) is 18.5 Å². The van der Waals surface area contributed by atoms with Crippen LogP contribution >= 0.6 is 11.3 Å². The molecule has 0 aliphatic carbocycles. The van der Waals surface area contributed by atoms with Crippen molar-refractivity contribution in [2.75, 3.05) is 18.4 Å². The van der Waals surface area contributed by atoms with Crippen molar-refractivity contribution in [2.45, 2.75) is 18.8 Å². The number of nitrogens with zero attached hydrogens (tertiary/aromatic N) is 6. The van der Waals surface area contributed by atoms with Crippen LogP contribution in [0.15, 0.2) is 41.9 Å². The number of hydrogen-bond donors (Lipinski definition) is 1. The molecule has 4 rings (SSSR count). The maximum Gasteiger partial charge on any atom is 0.273 e. The van der Waals surface area contributed by atoms with Gasteiger partial charge in [0.05, 0.1) is 17.4 Å². The zero-order chi connectivity index (χ0) is 17.8. The monoisotopic (exact) mass is 367 g/mol. The maximum atomic E-state index is 12.4. The molecule has 26 heavy (non-hydrogen) atoms. The maximum absolute atomic E-state index is 12.4. The quantitative estimate of drug-likeness (QED) is 0.756. The van der Waals surface area contributed by atoms with Gasteiger partial charge < -0.3 is 10.2 Å². The van der Waals surface area contributed by atoms with Crippen LogP contribution in [-0.2, 0) is 0 Å². The third-order valence-electron chi connectivity index (χ3n) is 4.36. The summed E-state index contributed by atoms with van der Waals surface area (Å²) in [7, 11) is 0. The highest BCUT2D eigenvalue weighted by Crippen LogP contribution is 2.31. The van der Waals surface area contributed by atoms with Gasteiger partial charge in [0.15, 0.2) is 5.82 Å². The standard InChI is InChI=1S/C17H17N7OS/c25-17(13-10-26-11-22-13)24-7-1-12(2-8-24)15-16(21-6-5-20-15)23-14-9-18-3-4-19-14/h3-6,9-12H,1-2,7-8H2,(H,19,21,23). The van der Waals surface area contributed by atoms with Gasteiger partial charge in [0.2, 0.25) is 0 Å². The summed E-state index contributed by atoms with van der Waals surface area (Å²) in [4.78, 5) is 35.6. The number of amides is 1. The number of carbonyl (C=O) groups excluding carboxylic acids is 1. The highest BCUT2D eigenvalue weighted by atomic mass is 32.1. The van der Waals surface area contributed by atoms with Gasteiger partial charge in [-0.05, 0) is 12.8 Å². The number of aromatic nitrogens is 5. The number of thiazole rings is 1. The number of carbonyl (C=O) groups is 1. The van der Waals surface area contributed by atoms with Gasteiger partial charge in [-0.1, -0.05) is 0 Å². The van der Waals surface area contributed by atoms with Crippen molar-refractivity contribution >= 4 is 28.9 Å². The number of nitrogens with one attached hydrogen (secondary N) is 1. The predicted octanol–water partition coefficient (Wildman–Crippen LogP) is 2.49. The third kappa shape index (κ3) is 3.52. The fraction of sp³-hybridized carbons (Fsp3) is 0.294. The fourth-order valence-corrected chi connectivity index (χ4v) is 3.59. The fourth-order valence-electron chi connectivity index (χ4n) is 3.06. The van der Waals surface area contributed by atoms with E-state index < -0.39 is 0 Å². The van der Waals surface area contributed by atoms with Crippen LogP contribution in [0.3, 0.4) is 0 Å². The first-order valence-electron chi connectivity index (χ1n) is 8.32. The zero-order valence-electron chi connectivity index (χ0n) is 13.9. The Labute approximate surface area is 154 Å². The molecule has 0 atom stereocenters. The van der Waals surface area contributed by atoms with Crippen LogP contribution in [0.4, 0.5) is 11.6 Å². The molecule has 3 aromatic rings. The van der Waals surface area contributed by atoms with Crippen molar-refractivity contribution in [3.05, 3.63) is 53.3 Å². The van der Waals surface area contributed by atoms with Gasteiger partial charge in [0, 0.05) is 49.2 Å². The molecule has 0 aromatic carbocycles. The number of likely N-dealkylation sites (tertiary alicyclic amines) is 1. The lowest BCUT2D eigenvalue weighted by molar-refractivity contribution is 0.0707. The molecule has 3 aromatic heterocycles. The molecular formula is C17H17N7OS. The van der Waals surface area contributed by atoms with Crippen LogP contribution in [0.2, 0.25) is 0 Å². The second kappa shape index (κ2) is 7.52. The van der Waals surface area contributed by atoms with E-state index in [4.69, 9.17) is 0 Å². The average Bonchev–Trinajstić information content (AvgIpc) is 3.24. The summed E-state index contributed by atoms with van der Waals surface area (Å²) in [5, 5.41) is 4.98. The van der Waals surface area contributed by atoms with Crippen LogP contribution in [-0.4, -0.2) is 48.8 Å². The van der Waals surface area contributed by atoms with Crippen molar-refractivity contribution in [3.8, 4) is 0 Å². The second-order valence-electron chi connectivity index (χ2n) is 5.95. The first-order valence-corrected chi connectivity index (χ1v) is 9.27. The zero-order valence-corrected chi connectivity index (χ0v) is 14.8. The van der Waals surface area contributed by atoms with Gasteiger partial charge in [0.1, 0.15) is 11.5 Å². The average molecular weight is 367 g/mol. The van der Waals surface area contributed by atoms with Crippen molar-refractivity contribution in [3.63, 3.8) is 0 Å².